The quantitative estimate of drug-likeness (QED) is 0.651. The Morgan fingerprint density at radius 1 is 1.09 bits per heavy atom. The molecule has 4 rings (SSSR count). The molecular formula is C19H36ClNO. The fraction of sp³-hybridized carbons (Fsp3) is 1.00. The topological polar surface area (TPSA) is 12.5 Å². The minimum atomic E-state index is 0. The van der Waals surface area contributed by atoms with Crippen LogP contribution in [-0.2, 0) is 4.74 Å². The molecule has 2 nitrogen and oxygen atoms in total. The second-order valence-electron chi connectivity index (χ2n) is 8.48. The van der Waals surface area contributed by atoms with Crippen LogP contribution < -0.4 is 0 Å². The van der Waals surface area contributed by atoms with E-state index < -0.39 is 0 Å². The molecule has 0 aromatic carbocycles. The average Bonchev–Trinajstić information content (AvgIpc) is 2.48. The summed E-state index contributed by atoms with van der Waals surface area (Å²) in [5, 5.41) is 0. The number of fused-ring (bicyclic) bond motifs is 2. The van der Waals surface area contributed by atoms with Crippen molar-refractivity contribution >= 4 is 12.4 Å². The highest BCUT2D eigenvalue weighted by atomic mass is 35.5. The van der Waals surface area contributed by atoms with E-state index in [2.05, 4.69) is 25.7 Å². The molecule has 0 N–H and O–H groups in total. The molecular weight excluding hydrogens is 294 g/mol. The molecule has 1 saturated heterocycles. The van der Waals surface area contributed by atoms with E-state index in [1.165, 1.54) is 51.5 Å². The summed E-state index contributed by atoms with van der Waals surface area (Å²) in [5.74, 6) is 2.96. The Balaban J connectivity index is 0.00000176. The van der Waals surface area contributed by atoms with Crippen LogP contribution in [0.2, 0.25) is 0 Å². The van der Waals surface area contributed by atoms with Gasteiger partial charge in [-0.3, -0.25) is 4.90 Å². The molecule has 130 valence electrons. The molecule has 3 saturated carbocycles. The van der Waals surface area contributed by atoms with E-state index in [-0.39, 0.29) is 12.4 Å². The predicted molar refractivity (Wildman–Crippen MR) is 95.7 cm³/mol. The van der Waals surface area contributed by atoms with Gasteiger partial charge in [0.2, 0.25) is 0 Å². The normalized spacial score (nSPS) is 37.2. The Labute approximate surface area is 143 Å². The Bertz CT molecular complexity index is 344. The molecule has 2 bridgehead atoms. The fourth-order valence-corrected chi connectivity index (χ4v) is 5.32. The second-order valence-corrected chi connectivity index (χ2v) is 8.48. The molecule has 1 heterocycles. The fourth-order valence-electron chi connectivity index (χ4n) is 5.32. The summed E-state index contributed by atoms with van der Waals surface area (Å²) in [7, 11) is 0. The van der Waals surface area contributed by atoms with Gasteiger partial charge in [-0.2, -0.15) is 0 Å². The summed E-state index contributed by atoms with van der Waals surface area (Å²) < 4.78 is 5.98. The summed E-state index contributed by atoms with van der Waals surface area (Å²) in [4.78, 5) is 2.61. The maximum atomic E-state index is 5.98. The molecule has 0 radical (unpaired) electrons. The maximum absolute atomic E-state index is 5.98. The molecule has 0 aromatic heterocycles. The number of ether oxygens (including phenoxy) is 1. The van der Waals surface area contributed by atoms with Gasteiger partial charge in [-0.25, -0.2) is 0 Å². The van der Waals surface area contributed by atoms with Crippen LogP contribution in [-0.4, -0.2) is 37.2 Å². The zero-order chi connectivity index (χ0) is 14.9. The largest absolute Gasteiger partial charge is 0.380 e. The van der Waals surface area contributed by atoms with Crippen LogP contribution in [0.25, 0.3) is 0 Å². The van der Waals surface area contributed by atoms with E-state index in [1.807, 2.05) is 0 Å². The van der Waals surface area contributed by atoms with E-state index >= 15 is 0 Å². The van der Waals surface area contributed by atoms with Gasteiger partial charge >= 0.3 is 0 Å². The average molecular weight is 330 g/mol. The van der Waals surface area contributed by atoms with Crippen molar-refractivity contribution < 1.29 is 4.74 Å². The van der Waals surface area contributed by atoms with Crippen LogP contribution in [0.5, 0.6) is 0 Å². The molecule has 22 heavy (non-hydrogen) atoms. The monoisotopic (exact) mass is 329 g/mol. The van der Waals surface area contributed by atoms with Crippen LogP contribution in [0.15, 0.2) is 0 Å². The summed E-state index contributed by atoms with van der Waals surface area (Å²) in [6, 6.07) is 0.772. The number of halogens is 1. The maximum Gasteiger partial charge on any atom is 0.0593 e. The molecule has 1 aliphatic heterocycles. The Morgan fingerprint density at radius 2 is 1.91 bits per heavy atom. The zero-order valence-electron chi connectivity index (χ0n) is 14.9. The molecule has 0 spiro atoms. The number of hydrogen-bond donors (Lipinski definition) is 0. The molecule has 4 atom stereocenters. The van der Waals surface area contributed by atoms with Gasteiger partial charge in [0.15, 0.2) is 0 Å². The number of nitrogens with zero attached hydrogens (tertiary/aromatic N) is 1. The summed E-state index contributed by atoms with van der Waals surface area (Å²) in [5.41, 5.74) is 0.631. The van der Waals surface area contributed by atoms with Crippen molar-refractivity contribution in [2.75, 3.05) is 26.3 Å². The standard InChI is InChI=1S/C19H35NO.ClH/c1-15-6-4-5-10-20(15)11-13-21-12-9-16-7-8-17-14-18(16)19(17,2)3;/h15-18H,4-14H2,1-3H3;1H. The Hall–Kier alpha value is 0.210. The van der Waals surface area contributed by atoms with Crippen molar-refractivity contribution in [2.24, 2.45) is 23.2 Å². The smallest absolute Gasteiger partial charge is 0.0593 e. The van der Waals surface area contributed by atoms with E-state index in [0.29, 0.717) is 5.41 Å². The minimum Gasteiger partial charge on any atom is -0.380 e. The Kier molecular flexibility index (Phi) is 6.62. The third kappa shape index (κ3) is 3.82. The van der Waals surface area contributed by atoms with Crippen molar-refractivity contribution in [2.45, 2.75) is 71.8 Å². The van der Waals surface area contributed by atoms with Crippen molar-refractivity contribution in [1.29, 1.82) is 0 Å². The Morgan fingerprint density at radius 3 is 2.59 bits per heavy atom. The first kappa shape index (κ1) is 18.5. The molecule has 0 aromatic rings. The summed E-state index contributed by atoms with van der Waals surface area (Å²) in [6.45, 7) is 11.7. The van der Waals surface area contributed by atoms with Gasteiger partial charge in [0, 0.05) is 19.2 Å². The van der Waals surface area contributed by atoms with Crippen molar-refractivity contribution in [3.63, 3.8) is 0 Å². The number of piperidine rings is 1. The number of likely N-dealkylation sites (tertiary alicyclic amines) is 1. The van der Waals surface area contributed by atoms with Crippen LogP contribution in [0.4, 0.5) is 0 Å². The molecule has 0 amide bonds. The van der Waals surface area contributed by atoms with E-state index in [0.717, 1.165) is 43.6 Å². The SMILES string of the molecule is CC1CCCCN1CCOCCC1CCC2CC1C2(C)C.Cl. The van der Waals surface area contributed by atoms with Crippen molar-refractivity contribution in [3.8, 4) is 0 Å². The lowest BCUT2D eigenvalue weighted by molar-refractivity contribution is -0.111. The summed E-state index contributed by atoms with van der Waals surface area (Å²) in [6.07, 6.45) is 9.91. The molecule has 4 unspecified atom stereocenters. The van der Waals surface area contributed by atoms with E-state index in [4.69, 9.17) is 4.74 Å². The van der Waals surface area contributed by atoms with Crippen molar-refractivity contribution in [1.82, 2.24) is 4.90 Å². The number of rotatable bonds is 6. The van der Waals surface area contributed by atoms with Crippen LogP contribution in [0.1, 0.15) is 65.7 Å². The van der Waals surface area contributed by atoms with Gasteiger partial charge < -0.3 is 4.74 Å². The zero-order valence-corrected chi connectivity index (χ0v) is 15.7. The van der Waals surface area contributed by atoms with Gasteiger partial charge in [-0.15, -0.1) is 12.4 Å². The van der Waals surface area contributed by atoms with Crippen LogP contribution in [0.3, 0.4) is 0 Å². The third-order valence-corrected chi connectivity index (χ3v) is 7.10. The summed E-state index contributed by atoms with van der Waals surface area (Å²) >= 11 is 0. The van der Waals surface area contributed by atoms with Crippen molar-refractivity contribution in [3.05, 3.63) is 0 Å². The molecule has 3 aliphatic carbocycles. The molecule has 4 aliphatic rings. The highest BCUT2D eigenvalue weighted by Gasteiger charge is 2.53. The van der Waals surface area contributed by atoms with Gasteiger partial charge in [0.25, 0.3) is 0 Å². The first-order valence-electron chi connectivity index (χ1n) is 9.41. The van der Waals surface area contributed by atoms with E-state index in [1.54, 1.807) is 0 Å². The second kappa shape index (κ2) is 7.85. The third-order valence-electron chi connectivity index (χ3n) is 7.10. The minimum absolute atomic E-state index is 0. The highest BCUT2D eigenvalue weighted by Crippen LogP contribution is 2.61. The predicted octanol–water partition coefficient (Wildman–Crippen LogP) is 4.76. The van der Waals surface area contributed by atoms with Gasteiger partial charge in [-0.05, 0) is 75.2 Å². The van der Waals surface area contributed by atoms with Crippen LogP contribution >= 0.6 is 12.4 Å². The molecule has 4 fully saturated rings. The van der Waals surface area contributed by atoms with Gasteiger partial charge in [0.1, 0.15) is 0 Å². The first-order valence-corrected chi connectivity index (χ1v) is 9.41. The first-order chi connectivity index (χ1) is 10.1. The lowest BCUT2D eigenvalue weighted by Crippen LogP contribution is -2.52. The van der Waals surface area contributed by atoms with E-state index in [9.17, 15) is 0 Å². The molecule has 3 heteroatoms. The van der Waals surface area contributed by atoms with Gasteiger partial charge in [0.05, 0.1) is 6.61 Å². The lowest BCUT2D eigenvalue weighted by Gasteiger charge is -2.60. The number of hydrogen-bond acceptors (Lipinski definition) is 2. The lowest BCUT2D eigenvalue weighted by atomic mass is 9.45. The highest BCUT2D eigenvalue weighted by molar-refractivity contribution is 5.85. The van der Waals surface area contributed by atoms with Crippen LogP contribution in [0, 0.1) is 23.2 Å². The van der Waals surface area contributed by atoms with Gasteiger partial charge in [-0.1, -0.05) is 20.3 Å².